The fourth-order valence-electron chi connectivity index (χ4n) is 4.06. The third-order valence-corrected chi connectivity index (χ3v) is 5.75. The van der Waals surface area contributed by atoms with Gasteiger partial charge in [0.1, 0.15) is 0 Å². The topological polar surface area (TPSA) is 30.7 Å². The van der Waals surface area contributed by atoms with E-state index in [1.54, 1.807) is 6.20 Å². The van der Waals surface area contributed by atoms with Crippen molar-refractivity contribution in [2.24, 2.45) is 0 Å². The molecular weight excluding hydrogens is 595 g/mol. The minimum absolute atomic E-state index is 0. The van der Waals surface area contributed by atoms with Crippen LogP contribution in [0.1, 0.15) is 30.9 Å². The molecule has 2 aromatic heterocycles. The van der Waals surface area contributed by atoms with E-state index in [2.05, 4.69) is 65.9 Å². The number of hydrogen-bond acceptors (Lipinski definition) is 2. The van der Waals surface area contributed by atoms with Crippen molar-refractivity contribution in [2.75, 3.05) is 0 Å². The van der Waals surface area contributed by atoms with Crippen LogP contribution in [0.5, 0.6) is 0 Å². The Bertz CT molecular complexity index is 1350. The quantitative estimate of drug-likeness (QED) is 0.200. The smallest absolute Gasteiger partial charge is 0.0779 e. The summed E-state index contributed by atoms with van der Waals surface area (Å²) in [4.78, 5) is 9.11. The van der Waals surface area contributed by atoms with Crippen molar-refractivity contribution in [3.05, 3.63) is 114 Å². The number of allylic oxidation sites excluding steroid dienone is 1. The van der Waals surface area contributed by atoms with E-state index in [1.165, 1.54) is 16.6 Å². The van der Waals surface area contributed by atoms with Gasteiger partial charge in [0.2, 0.25) is 0 Å². The molecule has 5 aromatic rings. The van der Waals surface area contributed by atoms with E-state index in [4.69, 9.17) is 4.98 Å². The van der Waals surface area contributed by atoms with E-state index >= 15 is 0 Å². The average molecular weight is 620 g/mol. The monoisotopic (exact) mass is 620 g/mol. The van der Waals surface area contributed by atoms with Gasteiger partial charge in [-0.1, -0.05) is 38.1 Å². The molecule has 6 rings (SSSR count). The Hall–Kier alpha value is -3.33. The predicted octanol–water partition coefficient (Wildman–Crippen LogP) is 7.20. The Kier molecular flexibility index (Phi) is 7.52. The fraction of sp³-hybridized carbons (Fsp3) is 0.133. The van der Waals surface area contributed by atoms with Crippen LogP contribution < -0.4 is 0 Å². The van der Waals surface area contributed by atoms with Crippen LogP contribution in [0.4, 0.5) is 0 Å². The first-order valence-electron chi connectivity index (χ1n) is 11.3. The summed E-state index contributed by atoms with van der Waals surface area (Å²) in [5, 5.41) is 0. The molecule has 0 saturated carbocycles. The molecule has 1 aliphatic heterocycles. The largest absolute Gasteiger partial charge is 0.360 e. The molecule has 34 heavy (non-hydrogen) atoms. The second kappa shape index (κ2) is 10.7. The Morgan fingerprint density at radius 1 is 0.882 bits per heavy atom. The van der Waals surface area contributed by atoms with Gasteiger partial charge in [-0.05, 0) is 40.9 Å². The molecule has 1 radical (unpaired) electrons. The molecule has 0 N–H and O–H groups in total. The van der Waals surface area contributed by atoms with E-state index in [9.17, 15) is 0 Å². The summed E-state index contributed by atoms with van der Waals surface area (Å²) in [6.45, 7) is 5.33. The summed E-state index contributed by atoms with van der Waals surface area (Å²) in [6.07, 6.45) is 6.21. The Morgan fingerprint density at radius 3 is 2.26 bits per heavy atom. The van der Waals surface area contributed by atoms with Gasteiger partial charge in [0.15, 0.2) is 0 Å². The van der Waals surface area contributed by atoms with Crippen molar-refractivity contribution in [3.8, 4) is 22.6 Å². The third kappa shape index (κ3) is 4.94. The molecule has 3 nitrogen and oxygen atoms in total. The van der Waals surface area contributed by atoms with E-state index in [0.717, 1.165) is 34.7 Å². The molecule has 0 bridgehead atoms. The molecule has 1 aliphatic rings. The van der Waals surface area contributed by atoms with Gasteiger partial charge in [0.05, 0.1) is 16.9 Å². The zero-order valence-corrected chi connectivity index (χ0v) is 21.6. The van der Waals surface area contributed by atoms with Crippen LogP contribution in [0.2, 0.25) is 0 Å². The molecule has 0 amide bonds. The summed E-state index contributed by atoms with van der Waals surface area (Å²) >= 11 is 0. The molecule has 0 saturated heterocycles. The normalized spacial score (nSPS) is 11.6. The average Bonchev–Trinajstić information content (AvgIpc) is 3.26. The summed E-state index contributed by atoms with van der Waals surface area (Å²) < 4.78 is 2.29. The third-order valence-electron chi connectivity index (χ3n) is 5.75. The van der Waals surface area contributed by atoms with Gasteiger partial charge in [-0.2, -0.15) is 0 Å². The Morgan fingerprint density at radius 2 is 1.62 bits per heavy atom. The van der Waals surface area contributed by atoms with Crippen molar-refractivity contribution >= 4 is 17.1 Å². The SMILES string of the molecule is CC(C)c1cc2c3c(c1)nc(-c1[c-]cccc1)n3CC=C2.[Ir].[c-]1ccccc1-c1ccccn1. The number of benzene rings is 3. The van der Waals surface area contributed by atoms with Crippen LogP contribution in [0.15, 0.2) is 91.1 Å². The molecule has 3 aromatic carbocycles. The minimum atomic E-state index is 0. The van der Waals surface area contributed by atoms with Gasteiger partial charge in [-0.15, -0.1) is 71.8 Å². The first-order chi connectivity index (χ1) is 16.2. The van der Waals surface area contributed by atoms with E-state index < -0.39 is 0 Å². The zero-order chi connectivity index (χ0) is 22.6. The molecular formula is C30H25IrN3-2. The summed E-state index contributed by atoms with van der Waals surface area (Å²) in [6, 6.07) is 32.7. The van der Waals surface area contributed by atoms with Crippen LogP contribution in [0.3, 0.4) is 0 Å². The van der Waals surface area contributed by atoms with Gasteiger partial charge < -0.3 is 9.55 Å². The molecule has 4 heteroatoms. The Balaban J connectivity index is 0.000000180. The van der Waals surface area contributed by atoms with Crippen LogP contribution >= 0.6 is 0 Å². The van der Waals surface area contributed by atoms with E-state index in [0.29, 0.717) is 5.92 Å². The van der Waals surface area contributed by atoms with Gasteiger partial charge in [-0.25, -0.2) is 0 Å². The van der Waals surface area contributed by atoms with Gasteiger partial charge >= 0.3 is 0 Å². The predicted molar refractivity (Wildman–Crippen MR) is 136 cm³/mol. The zero-order valence-electron chi connectivity index (χ0n) is 19.2. The van der Waals surface area contributed by atoms with Crippen molar-refractivity contribution in [1.82, 2.24) is 14.5 Å². The van der Waals surface area contributed by atoms with E-state index in [1.807, 2.05) is 60.7 Å². The number of aromatic nitrogens is 3. The molecule has 0 unspecified atom stereocenters. The molecule has 0 fully saturated rings. The summed E-state index contributed by atoms with van der Waals surface area (Å²) in [5.74, 6) is 1.52. The maximum atomic E-state index is 4.89. The molecule has 171 valence electrons. The first-order valence-corrected chi connectivity index (χ1v) is 11.3. The van der Waals surface area contributed by atoms with Gasteiger partial charge in [0, 0.05) is 32.8 Å². The maximum Gasteiger partial charge on any atom is 0.0779 e. The van der Waals surface area contributed by atoms with Crippen LogP contribution in [-0.4, -0.2) is 14.5 Å². The molecule has 0 aliphatic carbocycles. The minimum Gasteiger partial charge on any atom is -0.360 e. The summed E-state index contributed by atoms with van der Waals surface area (Å²) in [7, 11) is 0. The number of nitrogens with zero attached hydrogens (tertiary/aromatic N) is 3. The second-order valence-corrected chi connectivity index (χ2v) is 8.35. The van der Waals surface area contributed by atoms with Gasteiger partial charge in [0.25, 0.3) is 0 Å². The Labute approximate surface area is 214 Å². The van der Waals surface area contributed by atoms with Crippen molar-refractivity contribution < 1.29 is 20.1 Å². The van der Waals surface area contributed by atoms with Crippen molar-refractivity contribution in [3.63, 3.8) is 0 Å². The molecule has 3 heterocycles. The standard InChI is InChI=1S/C19H17N2.C11H8N.Ir/c1-13(2)16-11-15-9-6-10-21-18(15)17(12-16)20-19(21)14-7-4-3-5-8-14;1-2-6-10(7-3-1)11-8-4-5-9-12-11;/h3-7,9,11-13H,10H2,1-2H3;1-6,8-9H;/q2*-1;. The second-order valence-electron chi connectivity index (χ2n) is 8.35. The van der Waals surface area contributed by atoms with Crippen LogP contribution in [0, 0.1) is 12.1 Å². The van der Waals surface area contributed by atoms with E-state index in [-0.39, 0.29) is 20.1 Å². The number of imidazole rings is 1. The molecule has 0 atom stereocenters. The number of rotatable bonds is 3. The molecule has 0 spiro atoms. The number of hydrogen-bond donors (Lipinski definition) is 0. The maximum absolute atomic E-state index is 4.89. The number of pyridine rings is 1. The van der Waals surface area contributed by atoms with Crippen molar-refractivity contribution in [1.29, 1.82) is 0 Å². The van der Waals surface area contributed by atoms with Crippen molar-refractivity contribution in [2.45, 2.75) is 26.3 Å². The van der Waals surface area contributed by atoms with Gasteiger partial charge in [-0.3, -0.25) is 4.98 Å². The first kappa shape index (κ1) is 23.8. The van der Waals surface area contributed by atoms with Crippen LogP contribution in [0.25, 0.3) is 39.8 Å². The van der Waals surface area contributed by atoms with Crippen LogP contribution in [-0.2, 0) is 26.7 Å². The summed E-state index contributed by atoms with van der Waals surface area (Å²) in [5.41, 5.74) is 8.02. The fourth-order valence-corrected chi connectivity index (χ4v) is 4.06.